The lowest BCUT2D eigenvalue weighted by atomic mass is 10.1. The molecular formula is C19H23N7O3. The highest BCUT2D eigenvalue weighted by atomic mass is 16.6. The Morgan fingerprint density at radius 1 is 0.931 bits per heavy atom. The predicted molar refractivity (Wildman–Crippen MR) is 105 cm³/mol. The van der Waals surface area contributed by atoms with Gasteiger partial charge < -0.3 is 19.3 Å². The largest absolute Gasteiger partial charge is 0.378 e. The van der Waals surface area contributed by atoms with E-state index in [1.807, 2.05) is 18.2 Å². The first-order chi connectivity index (χ1) is 14.4. The smallest absolute Gasteiger partial charge is 0.245 e. The van der Waals surface area contributed by atoms with Crippen LogP contribution in [0.5, 0.6) is 0 Å². The molecule has 0 N–H and O–H groups in total. The molecule has 2 aliphatic heterocycles. The van der Waals surface area contributed by atoms with Crippen molar-refractivity contribution in [1.82, 2.24) is 25.3 Å². The Balaban J connectivity index is 1.29. The Morgan fingerprint density at radius 2 is 1.62 bits per heavy atom. The van der Waals surface area contributed by atoms with Crippen LogP contribution in [0.2, 0.25) is 0 Å². The average molecular weight is 397 g/mol. The first-order valence-electron chi connectivity index (χ1n) is 9.96. The lowest BCUT2D eigenvalue weighted by Crippen LogP contribution is -2.41. The Bertz CT molecular complexity index is 937. The molecule has 0 bridgehead atoms. The van der Waals surface area contributed by atoms with Gasteiger partial charge in [-0.05, 0) is 35.3 Å². The minimum absolute atomic E-state index is 0.213. The van der Waals surface area contributed by atoms with Crippen molar-refractivity contribution >= 4 is 22.9 Å². The number of morpholine rings is 1. The summed E-state index contributed by atoms with van der Waals surface area (Å²) in [6.07, 6.45) is 3.85. The van der Waals surface area contributed by atoms with Crippen molar-refractivity contribution in [3.63, 3.8) is 0 Å². The molecule has 0 amide bonds. The summed E-state index contributed by atoms with van der Waals surface area (Å²) < 4.78 is 16.4. The summed E-state index contributed by atoms with van der Waals surface area (Å²) in [6, 6.07) is 5.88. The molecule has 10 nitrogen and oxygen atoms in total. The highest BCUT2D eigenvalue weighted by molar-refractivity contribution is 5.74. The molecular weight excluding hydrogens is 374 g/mol. The number of fused-ring (bicyclic) bond motifs is 1. The van der Waals surface area contributed by atoms with E-state index in [1.165, 1.54) is 0 Å². The number of rotatable bonds is 5. The van der Waals surface area contributed by atoms with Crippen LogP contribution in [-0.4, -0.2) is 70.8 Å². The van der Waals surface area contributed by atoms with Crippen LogP contribution in [0.3, 0.4) is 0 Å². The molecule has 0 atom stereocenters. The predicted octanol–water partition coefficient (Wildman–Crippen LogP) is 1.43. The van der Waals surface area contributed by atoms with Crippen LogP contribution in [0.1, 0.15) is 18.5 Å². The lowest BCUT2D eigenvalue weighted by molar-refractivity contribution is 0.0234. The molecule has 3 aromatic rings. The van der Waals surface area contributed by atoms with Crippen LogP contribution in [0.15, 0.2) is 29.0 Å². The fourth-order valence-electron chi connectivity index (χ4n) is 3.74. The Hall–Kier alpha value is -2.85. The van der Waals surface area contributed by atoms with Gasteiger partial charge in [-0.1, -0.05) is 6.07 Å². The maximum atomic E-state index is 6.07. The fraction of sp³-hybridized carbons (Fsp3) is 0.526. The van der Waals surface area contributed by atoms with Gasteiger partial charge in [0.15, 0.2) is 11.6 Å². The minimum Gasteiger partial charge on any atom is -0.378 e. The Kier molecular flexibility index (Phi) is 5.18. The molecule has 5 heterocycles. The zero-order valence-electron chi connectivity index (χ0n) is 16.1. The number of aromatic nitrogens is 5. The van der Waals surface area contributed by atoms with E-state index in [-0.39, 0.29) is 6.10 Å². The summed E-state index contributed by atoms with van der Waals surface area (Å²) in [4.78, 5) is 18.2. The summed E-state index contributed by atoms with van der Waals surface area (Å²) >= 11 is 0. The van der Waals surface area contributed by atoms with Gasteiger partial charge >= 0.3 is 0 Å². The Morgan fingerprint density at radius 3 is 2.28 bits per heavy atom. The topological polar surface area (TPSA) is 103 Å². The van der Waals surface area contributed by atoms with Crippen molar-refractivity contribution < 1.29 is 14.1 Å². The van der Waals surface area contributed by atoms with Crippen LogP contribution in [0, 0.1) is 0 Å². The number of piperidine rings is 1. The highest BCUT2D eigenvalue weighted by Crippen LogP contribution is 2.30. The number of nitrogens with zero attached hydrogens (tertiary/aromatic N) is 7. The van der Waals surface area contributed by atoms with E-state index in [9.17, 15) is 0 Å². The number of hydrogen-bond acceptors (Lipinski definition) is 10. The van der Waals surface area contributed by atoms with E-state index in [4.69, 9.17) is 19.1 Å². The quantitative estimate of drug-likeness (QED) is 0.628. The van der Waals surface area contributed by atoms with Crippen molar-refractivity contribution in [2.24, 2.45) is 0 Å². The lowest BCUT2D eigenvalue weighted by Gasteiger charge is -2.36. The second kappa shape index (κ2) is 8.26. The molecule has 0 saturated carbocycles. The molecule has 3 aromatic heterocycles. The van der Waals surface area contributed by atoms with Gasteiger partial charge in [0.25, 0.3) is 0 Å². The van der Waals surface area contributed by atoms with Crippen LogP contribution in [-0.2, 0) is 16.1 Å². The van der Waals surface area contributed by atoms with Crippen LogP contribution in [0.4, 0.5) is 11.6 Å². The SMILES string of the molecule is c1ccc(COC2CCN(c3nc4nonc4nc3N3CCOCC3)CC2)nc1. The third-order valence-corrected chi connectivity index (χ3v) is 5.32. The van der Waals surface area contributed by atoms with E-state index in [0.717, 1.165) is 56.4 Å². The van der Waals surface area contributed by atoms with Gasteiger partial charge in [0.1, 0.15) is 0 Å². The summed E-state index contributed by atoms with van der Waals surface area (Å²) in [5, 5.41) is 7.74. The molecule has 2 aliphatic rings. The summed E-state index contributed by atoms with van der Waals surface area (Å²) in [7, 11) is 0. The molecule has 0 spiro atoms. The van der Waals surface area contributed by atoms with Gasteiger partial charge in [0, 0.05) is 32.4 Å². The number of pyridine rings is 1. The first kappa shape index (κ1) is 18.2. The average Bonchev–Trinajstić information content (AvgIpc) is 3.26. The van der Waals surface area contributed by atoms with Crippen molar-refractivity contribution in [2.45, 2.75) is 25.6 Å². The Labute approximate surface area is 167 Å². The van der Waals surface area contributed by atoms with Crippen LogP contribution >= 0.6 is 0 Å². The normalized spacial score (nSPS) is 18.5. The zero-order chi connectivity index (χ0) is 19.5. The standard InChI is InChI=1S/C19H23N7O3/c1-2-6-20-14(3-1)13-28-15-4-7-25(8-5-15)18-19(26-9-11-27-12-10-26)22-17-16(21-18)23-29-24-17/h1-3,6,15H,4-5,7-13H2. The summed E-state index contributed by atoms with van der Waals surface area (Å²) in [5.74, 6) is 1.66. The minimum atomic E-state index is 0.213. The van der Waals surface area contributed by atoms with Crippen molar-refractivity contribution in [2.75, 3.05) is 49.2 Å². The van der Waals surface area contributed by atoms with Gasteiger partial charge in [0.05, 0.1) is 31.6 Å². The third kappa shape index (κ3) is 3.99. The highest BCUT2D eigenvalue weighted by Gasteiger charge is 2.27. The maximum Gasteiger partial charge on any atom is 0.245 e. The third-order valence-electron chi connectivity index (χ3n) is 5.32. The maximum absolute atomic E-state index is 6.07. The zero-order valence-corrected chi connectivity index (χ0v) is 16.1. The molecule has 0 aromatic carbocycles. The molecule has 0 aliphatic carbocycles. The fourth-order valence-corrected chi connectivity index (χ4v) is 3.74. The molecule has 2 fully saturated rings. The number of anilines is 2. The van der Waals surface area contributed by atoms with Gasteiger partial charge in [-0.2, -0.15) is 0 Å². The monoisotopic (exact) mass is 397 g/mol. The van der Waals surface area contributed by atoms with Gasteiger partial charge in [-0.15, -0.1) is 0 Å². The second-order valence-electron chi connectivity index (χ2n) is 7.20. The second-order valence-corrected chi connectivity index (χ2v) is 7.20. The summed E-state index contributed by atoms with van der Waals surface area (Å²) in [5.41, 5.74) is 1.83. The van der Waals surface area contributed by atoms with Gasteiger partial charge in [-0.25, -0.2) is 14.6 Å². The molecule has 0 radical (unpaired) electrons. The molecule has 5 rings (SSSR count). The van der Waals surface area contributed by atoms with E-state index in [2.05, 4.69) is 30.1 Å². The molecule has 152 valence electrons. The van der Waals surface area contributed by atoms with E-state index in [0.29, 0.717) is 31.1 Å². The summed E-state index contributed by atoms with van der Waals surface area (Å²) in [6.45, 7) is 5.15. The van der Waals surface area contributed by atoms with Crippen molar-refractivity contribution in [3.05, 3.63) is 30.1 Å². The van der Waals surface area contributed by atoms with Gasteiger partial charge in [-0.3, -0.25) is 4.98 Å². The van der Waals surface area contributed by atoms with E-state index >= 15 is 0 Å². The molecule has 0 unspecified atom stereocenters. The van der Waals surface area contributed by atoms with Crippen molar-refractivity contribution in [3.8, 4) is 0 Å². The molecule has 10 heteroatoms. The number of hydrogen-bond donors (Lipinski definition) is 0. The van der Waals surface area contributed by atoms with E-state index in [1.54, 1.807) is 6.20 Å². The first-order valence-corrected chi connectivity index (χ1v) is 9.96. The van der Waals surface area contributed by atoms with Crippen LogP contribution < -0.4 is 9.80 Å². The number of ether oxygens (including phenoxy) is 2. The van der Waals surface area contributed by atoms with Crippen LogP contribution in [0.25, 0.3) is 11.3 Å². The molecule has 2 saturated heterocycles. The van der Waals surface area contributed by atoms with E-state index < -0.39 is 0 Å². The van der Waals surface area contributed by atoms with Gasteiger partial charge in [0.2, 0.25) is 11.3 Å². The molecule has 29 heavy (non-hydrogen) atoms. The van der Waals surface area contributed by atoms with Crippen molar-refractivity contribution in [1.29, 1.82) is 0 Å².